The van der Waals surface area contributed by atoms with Crippen LogP contribution in [0.25, 0.3) is 0 Å². The Labute approximate surface area is 153 Å². The summed E-state index contributed by atoms with van der Waals surface area (Å²) in [4.78, 5) is 19.0. The number of pyridine rings is 1. The van der Waals surface area contributed by atoms with Crippen LogP contribution in [0.2, 0.25) is 0 Å². The van der Waals surface area contributed by atoms with Crippen LogP contribution in [0.15, 0.2) is 61.1 Å². The van der Waals surface area contributed by atoms with Crippen LogP contribution >= 0.6 is 0 Å². The van der Waals surface area contributed by atoms with Crippen LogP contribution in [0.1, 0.15) is 29.8 Å². The van der Waals surface area contributed by atoms with Crippen molar-refractivity contribution < 1.29 is 4.79 Å². The van der Waals surface area contributed by atoms with Crippen molar-refractivity contribution in [1.29, 1.82) is 0 Å². The number of anilines is 2. The summed E-state index contributed by atoms with van der Waals surface area (Å²) in [6.45, 7) is 6.61. The van der Waals surface area contributed by atoms with E-state index in [1.165, 1.54) is 0 Å². The van der Waals surface area contributed by atoms with Crippen molar-refractivity contribution in [1.82, 2.24) is 14.8 Å². The molecule has 0 radical (unpaired) electrons. The Morgan fingerprint density at radius 3 is 2.50 bits per heavy atom. The summed E-state index contributed by atoms with van der Waals surface area (Å²) in [5.74, 6) is 0.713. The Balaban J connectivity index is 1.63. The second-order valence-electron chi connectivity index (χ2n) is 5.94. The molecular formula is C20H23N5O. The van der Waals surface area contributed by atoms with Gasteiger partial charge in [0.1, 0.15) is 5.82 Å². The Morgan fingerprint density at radius 2 is 1.85 bits per heavy atom. The Kier molecular flexibility index (Phi) is 5.63. The molecule has 0 unspecified atom stereocenters. The first-order valence-corrected chi connectivity index (χ1v) is 8.78. The number of hydrogen-bond donors (Lipinski definition) is 1. The Morgan fingerprint density at radius 1 is 1.08 bits per heavy atom. The third kappa shape index (κ3) is 4.27. The molecule has 3 rings (SSSR count). The average molecular weight is 349 g/mol. The SMILES string of the molecule is CCN(CC)c1ccc(NC(=O)c2cnn(Cc3ccccc3)c2)cn1. The monoisotopic (exact) mass is 349 g/mol. The van der Waals surface area contributed by atoms with Crippen molar-refractivity contribution in [3.63, 3.8) is 0 Å². The highest BCUT2D eigenvalue weighted by Crippen LogP contribution is 2.15. The standard InChI is InChI=1S/C20H23N5O/c1-3-24(4-2)19-11-10-18(13-21-19)23-20(26)17-12-22-25(15-17)14-16-8-6-5-7-9-16/h5-13,15H,3-4,14H2,1-2H3,(H,23,26). The number of nitrogens with one attached hydrogen (secondary N) is 1. The van der Waals surface area contributed by atoms with Crippen molar-refractivity contribution in [2.75, 3.05) is 23.3 Å². The van der Waals surface area contributed by atoms with Gasteiger partial charge in [0.25, 0.3) is 5.91 Å². The third-order valence-corrected chi connectivity index (χ3v) is 4.18. The molecule has 0 atom stereocenters. The molecule has 0 aliphatic carbocycles. The van der Waals surface area contributed by atoms with Crippen molar-refractivity contribution in [2.24, 2.45) is 0 Å². The minimum absolute atomic E-state index is 0.193. The summed E-state index contributed by atoms with van der Waals surface area (Å²) in [6.07, 6.45) is 5.01. The van der Waals surface area contributed by atoms with Gasteiger partial charge < -0.3 is 10.2 Å². The molecule has 26 heavy (non-hydrogen) atoms. The lowest BCUT2D eigenvalue weighted by Crippen LogP contribution is -2.22. The van der Waals surface area contributed by atoms with Crippen LogP contribution in [-0.4, -0.2) is 33.8 Å². The predicted molar refractivity (Wildman–Crippen MR) is 104 cm³/mol. The maximum absolute atomic E-state index is 12.4. The molecule has 0 saturated heterocycles. The first kappa shape index (κ1) is 17.7. The van der Waals surface area contributed by atoms with Gasteiger partial charge in [-0.05, 0) is 31.5 Å². The van der Waals surface area contributed by atoms with Crippen molar-refractivity contribution >= 4 is 17.4 Å². The molecule has 0 saturated carbocycles. The number of nitrogens with zero attached hydrogens (tertiary/aromatic N) is 4. The second-order valence-corrected chi connectivity index (χ2v) is 5.94. The van der Waals surface area contributed by atoms with E-state index in [9.17, 15) is 4.79 Å². The number of carbonyl (C=O) groups excluding carboxylic acids is 1. The lowest BCUT2D eigenvalue weighted by Gasteiger charge is -2.19. The minimum atomic E-state index is -0.193. The van der Waals surface area contributed by atoms with Gasteiger partial charge in [-0.1, -0.05) is 30.3 Å². The van der Waals surface area contributed by atoms with Crippen molar-refractivity contribution in [3.8, 4) is 0 Å². The molecule has 3 aromatic rings. The van der Waals surface area contributed by atoms with E-state index in [-0.39, 0.29) is 5.91 Å². The smallest absolute Gasteiger partial charge is 0.258 e. The molecule has 0 spiro atoms. The van der Waals surface area contributed by atoms with Crippen LogP contribution in [-0.2, 0) is 6.54 Å². The molecule has 0 aliphatic heterocycles. The van der Waals surface area contributed by atoms with Gasteiger partial charge in [0, 0.05) is 19.3 Å². The molecule has 6 heteroatoms. The van der Waals surface area contributed by atoms with E-state index in [1.807, 2.05) is 42.5 Å². The van der Waals surface area contributed by atoms with Crippen molar-refractivity contribution in [3.05, 3.63) is 72.2 Å². The molecule has 2 heterocycles. The molecule has 6 nitrogen and oxygen atoms in total. The molecular weight excluding hydrogens is 326 g/mol. The maximum atomic E-state index is 12.4. The molecule has 0 fully saturated rings. The summed E-state index contributed by atoms with van der Waals surface area (Å²) in [5, 5.41) is 7.13. The molecule has 1 amide bonds. The van der Waals surface area contributed by atoms with Crippen LogP contribution in [0, 0.1) is 0 Å². The first-order valence-electron chi connectivity index (χ1n) is 8.78. The summed E-state index contributed by atoms with van der Waals surface area (Å²) in [7, 11) is 0. The highest BCUT2D eigenvalue weighted by Gasteiger charge is 2.10. The molecule has 134 valence electrons. The number of hydrogen-bond acceptors (Lipinski definition) is 4. The van der Waals surface area contributed by atoms with Crippen LogP contribution in [0.5, 0.6) is 0 Å². The zero-order valence-electron chi connectivity index (χ0n) is 15.1. The van der Waals surface area contributed by atoms with E-state index >= 15 is 0 Å². The van der Waals surface area contributed by atoms with Gasteiger partial charge in [-0.15, -0.1) is 0 Å². The third-order valence-electron chi connectivity index (χ3n) is 4.18. The van der Waals surface area contributed by atoms with E-state index in [1.54, 1.807) is 23.3 Å². The van der Waals surface area contributed by atoms with Gasteiger partial charge in [-0.2, -0.15) is 5.10 Å². The second kappa shape index (κ2) is 8.29. The molecule has 1 aromatic carbocycles. The highest BCUT2D eigenvalue weighted by molar-refractivity contribution is 6.03. The lowest BCUT2D eigenvalue weighted by atomic mass is 10.2. The van der Waals surface area contributed by atoms with Crippen LogP contribution in [0.3, 0.4) is 0 Å². The van der Waals surface area contributed by atoms with Crippen LogP contribution in [0.4, 0.5) is 11.5 Å². The van der Waals surface area contributed by atoms with Gasteiger partial charge >= 0.3 is 0 Å². The van der Waals surface area contributed by atoms with Gasteiger partial charge in [-0.3, -0.25) is 9.48 Å². The molecule has 2 aromatic heterocycles. The first-order chi connectivity index (χ1) is 12.7. The zero-order valence-corrected chi connectivity index (χ0v) is 15.1. The van der Waals surface area contributed by atoms with E-state index in [0.29, 0.717) is 17.8 Å². The van der Waals surface area contributed by atoms with Gasteiger partial charge in [0.05, 0.1) is 30.2 Å². The fraction of sp³-hybridized carbons (Fsp3) is 0.250. The zero-order chi connectivity index (χ0) is 18.4. The average Bonchev–Trinajstić information content (AvgIpc) is 3.13. The minimum Gasteiger partial charge on any atom is -0.357 e. The number of carbonyl (C=O) groups is 1. The number of rotatable bonds is 7. The normalized spacial score (nSPS) is 10.5. The van der Waals surface area contributed by atoms with Gasteiger partial charge in [-0.25, -0.2) is 4.98 Å². The van der Waals surface area contributed by atoms with E-state index in [0.717, 1.165) is 24.5 Å². The largest absolute Gasteiger partial charge is 0.357 e. The number of benzene rings is 1. The van der Waals surface area contributed by atoms with Gasteiger partial charge in [0.2, 0.25) is 0 Å². The van der Waals surface area contributed by atoms with E-state index < -0.39 is 0 Å². The summed E-state index contributed by atoms with van der Waals surface area (Å²) >= 11 is 0. The maximum Gasteiger partial charge on any atom is 0.258 e. The highest BCUT2D eigenvalue weighted by atomic mass is 16.1. The van der Waals surface area contributed by atoms with E-state index in [2.05, 4.69) is 34.1 Å². The summed E-state index contributed by atoms with van der Waals surface area (Å²) in [5.41, 5.74) is 2.33. The van der Waals surface area contributed by atoms with Gasteiger partial charge in [0.15, 0.2) is 0 Å². The molecule has 1 N–H and O–H groups in total. The Hall–Kier alpha value is -3.15. The molecule has 0 bridgehead atoms. The Bertz CT molecular complexity index is 838. The lowest BCUT2D eigenvalue weighted by molar-refractivity contribution is 0.102. The number of aromatic nitrogens is 3. The van der Waals surface area contributed by atoms with Crippen LogP contribution < -0.4 is 10.2 Å². The van der Waals surface area contributed by atoms with Crippen molar-refractivity contribution in [2.45, 2.75) is 20.4 Å². The van der Waals surface area contributed by atoms with E-state index in [4.69, 9.17) is 0 Å². The number of amides is 1. The summed E-state index contributed by atoms with van der Waals surface area (Å²) < 4.78 is 1.76. The predicted octanol–water partition coefficient (Wildman–Crippen LogP) is 3.42. The topological polar surface area (TPSA) is 63.1 Å². The summed E-state index contributed by atoms with van der Waals surface area (Å²) in [6, 6.07) is 13.8. The molecule has 0 aliphatic rings. The fourth-order valence-corrected chi connectivity index (χ4v) is 2.74. The fourth-order valence-electron chi connectivity index (χ4n) is 2.74. The quantitative estimate of drug-likeness (QED) is 0.710.